The van der Waals surface area contributed by atoms with Crippen molar-refractivity contribution >= 4 is 17.1 Å². The van der Waals surface area contributed by atoms with Gasteiger partial charge in [-0.1, -0.05) is 6.07 Å². The number of aromatic amines is 1. The third-order valence-corrected chi connectivity index (χ3v) is 2.55. The van der Waals surface area contributed by atoms with Gasteiger partial charge >= 0.3 is 5.69 Å². The van der Waals surface area contributed by atoms with Gasteiger partial charge in [0, 0.05) is 12.4 Å². The molecule has 2 aromatic rings. The monoisotopic (exact) mass is 206 g/mol. The van der Waals surface area contributed by atoms with Gasteiger partial charge in [0.1, 0.15) is 0 Å². The second-order valence-electron chi connectivity index (χ2n) is 2.61. The number of thiophene rings is 1. The molecule has 4 nitrogen and oxygen atoms in total. The summed E-state index contributed by atoms with van der Waals surface area (Å²) in [6.45, 7) is 0. The highest BCUT2D eigenvalue weighted by Crippen LogP contribution is 2.12. The van der Waals surface area contributed by atoms with E-state index in [2.05, 4.69) is 9.97 Å². The van der Waals surface area contributed by atoms with Gasteiger partial charge in [0.2, 0.25) is 5.78 Å². The largest absolute Gasteiger partial charge is 0.344 e. The fourth-order valence-corrected chi connectivity index (χ4v) is 1.70. The van der Waals surface area contributed by atoms with E-state index < -0.39 is 5.69 Å². The van der Waals surface area contributed by atoms with E-state index in [0.29, 0.717) is 10.4 Å². The summed E-state index contributed by atoms with van der Waals surface area (Å²) in [6, 6.07) is 3.54. The Bertz CT molecular complexity index is 481. The molecule has 0 aliphatic heterocycles. The average Bonchev–Trinajstić information content (AvgIpc) is 2.71. The molecule has 1 N–H and O–H groups in total. The van der Waals surface area contributed by atoms with Crippen molar-refractivity contribution < 1.29 is 4.79 Å². The van der Waals surface area contributed by atoms with E-state index in [9.17, 15) is 9.59 Å². The summed E-state index contributed by atoms with van der Waals surface area (Å²) in [5.41, 5.74) is -0.0558. The van der Waals surface area contributed by atoms with E-state index in [1.165, 1.54) is 23.7 Å². The number of hydrogen-bond acceptors (Lipinski definition) is 4. The van der Waals surface area contributed by atoms with E-state index in [0.717, 1.165) is 0 Å². The quantitative estimate of drug-likeness (QED) is 0.747. The molecular formula is C9H6N2O2S. The number of carbonyl (C=O) groups excluding carboxylic acids is 1. The fourth-order valence-electron chi connectivity index (χ4n) is 1.02. The Hall–Kier alpha value is -1.75. The number of hydrogen-bond donors (Lipinski definition) is 1. The summed E-state index contributed by atoms with van der Waals surface area (Å²) in [5, 5.41) is 1.83. The molecule has 14 heavy (non-hydrogen) atoms. The maximum atomic E-state index is 11.7. The van der Waals surface area contributed by atoms with E-state index in [1.807, 2.05) is 5.38 Å². The van der Waals surface area contributed by atoms with E-state index in [-0.39, 0.29) is 5.78 Å². The molecule has 70 valence electrons. The van der Waals surface area contributed by atoms with E-state index >= 15 is 0 Å². The smallest absolute Gasteiger partial charge is 0.312 e. The predicted molar refractivity (Wildman–Crippen MR) is 52.6 cm³/mol. The molecule has 2 heterocycles. The first-order chi connectivity index (χ1) is 6.77. The molecule has 0 saturated carbocycles. The molecule has 0 unspecified atom stereocenters. The van der Waals surface area contributed by atoms with Crippen molar-refractivity contribution in [3.63, 3.8) is 0 Å². The zero-order valence-corrected chi connectivity index (χ0v) is 7.88. The summed E-state index contributed by atoms with van der Waals surface area (Å²) in [6.07, 6.45) is 2.65. The SMILES string of the molecule is O=C(c1cnc(=O)[nH]c1)c1cccs1. The van der Waals surface area contributed by atoms with E-state index in [1.54, 1.807) is 12.1 Å². The lowest BCUT2D eigenvalue weighted by Crippen LogP contribution is -2.11. The first kappa shape index (κ1) is 8.83. The summed E-state index contributed by atoms with van der Waals surface area (Å²) in [5.74, 6) is -0.122. The lowest BCUT2D eigenvalue weighted by molar-refractivity contribution is 0.104. The molecular weight excluding hydrogens is 200 g/mol. The zero-order chi connectivity index (χ0) is 9.97. The second-order valence-corrected chi connectivity index (χ2v) is 3.56. The molecule has 0 saturated heterocycles. The first-order valence-electron chi connectivity index (χ1n) is 3.90. The van der Waals surface area contributed by atoms with Crippen molar-refractivity contribution in [1.82, 2.24) is 9.97 Å². The van der Waals surface area contributed by atoms with Crippen molar-refractivity contribution in [3.05, 3.63) is 50.8 Å². The van der Waals surface area contributed by atoms with Crippen molar-refractivity contribution in [2.75, 3.05) is 0 Å². The number of nitrogens with one attached hydrogen (secondary N) is 1. The minimum atomic E-state index is -0.451. The highest BCUT2D eigenvalue weighted by molar-refractivity contribution is 7.12. The Morgan fingerprint density at radius 1 is 1.50 bits per heavy atom. The maximum absolute atomic E-state index is 11.7. The highest BCUT2D eigenvalue weighted by Gasteiger charge is 2.09. The van der Waals surface area contributed by atoms with Crippen LogP contribution in [0.4, 0.5) is 0 Å². The van der Waals surface area contributed by atoms with Crippen LogP contribution in [0, 0.1) is 0 Å². The third-order valence-electron chi connectivity index (χ3n) is 1.68. The standard InChI is InChI=1S/C9H6N2O2S/c12-8(7-2-1-3-14-7)6-4-10-9(13)11-5-6/h1-5H,(H,10,11,13). The predicted octanol–water partition coefficient (Wildman–Crippen LogP) is 1.06. The Labute approximate surface area is 83.3 Å². The van der Waals surface area contributed by atoms with Gasteiger partial charge in [-0.05, 0) is 11.4 Å². The number of carbonyl (C=O) groups is 1. The second kappa shape index (κ2) is 3.55. The average molecular weight is 206 g/mol. The Morgan fingerprint density at radius 3 is 2.93 bits per heavy atom. The molecule has 2 rings (SSSR count). The van der Waals surface area contributed by atoms with Crippen LogP contribution in [0.2, 0.25) is 0 Å². The van der Waals surface area contributed by atoms with Crippen LogP contribution < -0.4 is 5.69 Å². The number of H-pyrrole nitrogens is 1. The molecule has 0 fully saturated rings. The third kappa shape index (κ3) is 1.62. The van der Waals surface area contributed by atoms with Crippen LogP contribution in [0.5, 0.6) is 0 Å². The van der Waals surface area contributed by atoms with Crippen LogP contribution in [0.15, 0.2) is 34.7 Å². The first-order valence-corrected chi connectivity index (χ1v) is 4.78. The normalized spacial score (nSPS) is 10.0. The van der Waals surface area contributed by atoms with Crippen LogP contribution in [0.3, 0.4) is 0 Å². The van der Waals surface area contributed by atoms with Gasteiger partial charge in [0.25, 0.3) is 0 Å². The van der Waals surface area contributed by atoms with Crippen LogP contribution in [0.1, 0.15) is 15.2 Å². The van der Waals surface area contributed by atoms with Gasteiger partial charge in [0.05, 0.1) is 10.4 Å². The summed E-state index contributed by atoms with van der Waals surface area (Å²) in [7, 11) is 0. The Kier molecular flexibility index (Phi) is 2.24. The van der Waals surface area contributed by atoms with Crippen molar-refractivity contribution in [3.8, 4) is 0 Å². The zero-order valence-electron chi connectivity index (χ0n) is 7.06. The molecule has 0 amide bonds. The van der Waals surface area contributed by atoms with Crippen molar-refractivity contribution in [1.29, 1.82) is 0 Å². The molecule has 0 radical (unpaired) electrons. The highest BCUT2D eigenvalue weighted by atomic mass is 32.1. The van der Waals surface area contributed by atoms with Crippen LogP contribution in [-0.4, -0.2) is 15.8 Å². The van der Waals surface area contributed by atoms with Gasteiger partial charge in [0.15, 0.2) is 0 Å². The molecule has 0 aromatic carbocycles. The van der Waals surface area contributed by atoms with Gasteiger partial charge in [-0.3, -0.25) is 4.79 Å². The van der Waals surface area contributed by atoms with Gasteiger partial charge < -0.3 is 4.98 Å². The summed E-state index contributed by atoms with van der Waals surface area (Å²) >= 11 is 1.36. The van der Waals surface area contributed by atoms with Crippen molar-refractivity contribution in [2.45, 2.75) is 0 Å². The van der Waals surface area contributed by atoms with Crippen LogP contribution >= 0.6 is 11.3 Å². The van der Waals surface area contributed by atoms with Gasteiger partial charge in [-0.2, -0.15) is 0 Å². The number of aromatic nitrogens is 2. The number of rotatable bonds is 2. The topological polar surface area (TPSA) is 62.8 Å². The minimum absolute atomic E-state index is 0.122. The van der Waals surface area contributed by atoms with Crippen molar-refractivity contribution in [2.24, 2.45) is 0 Å². The number of nitrogens with zero attached hydrogens (tertiary/aromatic N) is 1. The van der Waals surface area contributed by atoms with Gasteiger partial charge in [-0.25, -0.2) is 9.78 Å². The Morgan fingerprint density at radius 2 is 2.36 bits per heavy atom. The molecule has 0 aliphatic rings. The summed E-state index contributed by atoms with van der Waals surface area (Å²) < 4.78 is 0. The minimum Gasteiger partial charge on any atom is -0.312 e. The van der Waals surface area contributed by atoms with Crippen LogP contribution in [-0.2, 0) is 0 Å². The molecule has 2 aromatic heterocycles. The molecule has 0 aliphatic carbocycles. The summed E-state index contributed by atoms with van der Waals surface area (Å²) in [4.78, 5) is 28.8. The lowest BCUT2D eigenvalue weighted by Gasteiger charge is -1.94. The molecule has 0 atom stereocenters. The Balaban J connectivity index is 2.37. The number of ketones is 1. The molecule has 0 bridgehead atoms. The molecule has 0 spiro atoms. The van der Waals surface area contributed by atoms with Gasteiger partial charge in [-0.15, -0.1) is 11.3 Å². The van der Waals surface area contributed by atoms with E-state index in [4.69, 9.17) is 0 Å². The fraction of sp³-hybridized carbons (Fsp3) is 0. The molecule has 5 heteroatoms. The van der Waals surface area contributed by atoms with Crippen LogP contribution in [0.25, 0.3) is 0 Å². The lowest BCUT2D eigenvalue weighted by atomic mass is 10.2. The maximum Gasteiger partial charge on any atom is 0.344 e.